The minimum absolute atomic E-state index is 0.101. The fourth-order valence-corrected chi connectivity index (χ4v) is 2.91. The Bertz CT molecular complexity index is 656. The number of aromatic amines is 1. The Morgan fingerprint density at radius 2 is 1.95 bits per heavy atom. The first-order valence-electron chi connectivity index (χ1n) is 6.82. The molecule has 1 amide bonds. The highest BCUT2D eigenvalue weighted by atomic mass is 35.5. The fourth-order valence-electron chi connectivity index (χ4n) is 2.74. The maximum atomic E-state index is 12.8. The highest BCUT2D eigenvalue weighted by Gasteiger charge is 2.24. The Hall–Kier alpha value is -1.52. The molecule has 2 heterocycles. The van der Waals surface area contributed by atoms with Crippen molar-refractivity contribution in [1.29, 1.82) is 0 Å². The highest BCUT2D eigenvalue weighted by Crippen LogP contribution is 2.26. The van der Waals surface area contributed by atoms with Crippen molar-refractivity contribution in [3.05, 3.63) is 34.5 Å². The average Bonchev–Trinajstić information content (AvgIpc) is 2.74. The summed E-state index contributed by atoms with van der Waals surface area (Å²) in [5, 5.41) is 1.57. The summed E-state index contributed by atoms with van der Waals surface area (Å²) >= 11 is 6.06. The topological polar surface area (TPSA) is 39.3 Å². The van der Waals surface area contributed by atoms with Gasteiger partial charge in [-0.05, 0) is 32.2 Å². The maximum absolute atomic E-state index is 12.8. The van der Waals surface area contributed by atoms with Crippen molar-refractivity contribution < 1.29 is 4.79 Å². The van der Waals surface area contributed by atoms with E-state index in [-0.39, 0.29) is 5.91 Å². The second kappa shape index (κ2) is 5.11. The lowest BCUT2D eigenvalue weighted by molar-refractivity contribution is 0.0665. The number of hydrogen-bond donors (Lipinski definition) is 1. The number of piperazine rings is 1. The highest BCUT2D eigenvalue weighted by molar-refractivity contribution is 6.31. The first-order valence-corrected chi connectivity index (χ1v) is 7.19. The number of aryl methyl sites for hydroxylation is 1. The first kappa shape index (κ1) is 13.5. The number of halogens is 1. The average molecular weight is 292 g/mol. The standard InChI is InChI=1S/C15H18ClN3O/c1-10-14(12-9-11(16)3-4-13(12)17-10)15(20)19-7-5-18(2)6-8-19/h3-4,9,17H,5-8H2,1-2H3. The number of likely N-dealkylation sites (N-methyl/N-ethyl adjacent to an activating group) is 1. The van der Waals surface area contributed by atoms with Gasteiger partial charge in [0, 0.05) is 47.8 Å². The van der Waals surface area contributed by atoms with Gasteiger partial charge in [0.15, 0.2) is 0 Å². The fraction of sp³-hybridized carbons (Fsp3) is 0.400. The second-order valence-corrected chi connectivity index (χ2v) is 5.85. The molecule has 0 radical (unpaired) electrons. The number of carbonyl (C=O) groups is 1. The zero-order valence-corrected chi connectivity index (χ0v) is 12.5. The van der Waals surface area contributed by atoms with Crippen molar-refractivity contribution in [2.75, 3.05) is 33.2 Å². The smallest absolute Gasteiger partial charge is 0.256 e. The molecule has 4 nitrogen and oxygen atoms in total. The Balaban J connectivity index is 1.98. The Morgan fingerprint density at radius 3 is 2.65 bits per heavy atom. The van der Waals surface area contributed by atoms with Crippen LogP contribution in [0.25, 0.3) is 10.9 Å². The number of carbonyl (C=O) groups excluding carboxylic acids is 1. The van der Waals surface area contributed by atoms with Crippen molar-refractivity contribution in [2.45, 2.75) is 6.92 Å². The van der Waals surface area contributed by atoms with Crippen LogP contribution in [-0.4, -0.2) is 53.9 Å². The number of hydrogen-bond acceptors (Lipinski definition) is 2. The molecule has 1 saturated heterocycles. The van der Waals surface area contributed by atoms with Crippen LogP contribution in [0.15, 0.2) is 18.2 Å². The quantitative estimate of drug-likeness (QED) is 0.877. The lowest BCUT2D eigenvalue weighted by atomic mass is 10.1. The summed E-state index contributed by atoms with van der Waals surface area (Å²) in [5.74, 6) is 0.101. The molecule has 106 valence electrons. The molecule has 0 bridgehead atoms. The van der Waals surface area contributed by atoms with Crippen LogP contribution >= 0.6 is 11.6 Å². The molecule has 1 aromatic heterocycles. The normalized spacial score (nSPS) is 16.9. The van der Waals surface area contributed by atoms with E-state index in [9.17, 15) is 4.79 Å². The molecule has 0 spiro atoms. The predicted molar refractivity (Wildman–Crippen MR) is 81.4 cm³/mol. The van der Waals surface area contributed by atoms with E-state index < -0.39 is 0 Å². The van der Waals surface area contributed by atoms with Gasteiger partial charge in [-0.25, -0.2) is 0 Å². The summed E-state index contributed by atoms with van der Waals surface area (Å²) in [4.78, 5) is 20.2. The lowest BCUT2D eigenvalue weighted by Gasteiger charge is -2.32. The minimum Gasteiger partial charge on any atom is -0.358 e. The molecule has 5 heteroatoms. The Morgan fingerprint density at radius 1 is 1.25 bits per heavy atom. The van der Waals surface area contributed by atoms with Gasteiger partial charge in [-0.2, -0.15) is 0 Å². The molecule has 0 atom stereocenters. The summed E-state index contributed by atoms with van der Waals surface area (Å²) in [5.41, 5.74) is 2.63. The molecule has 1 aliphatic heterocycles. The van der Waals surface area contributed by atoms with Crippen molar-refractivity contribution in [3.63, 3.8) is 0 Å². The molecular weight excluding hydrogens is 274 g/mol. The summed E-state index contributed by atoms with van der Waals surface area (Å²) in [6.07, 6.45) is 0. The van der Waals surface area contributed by atoms with Crippen molar-refractivity contribution in [3.8, 4) is 0 Å². The summed E-state index contributed by atoms with van der Waals surface area (Å²) in [6.45, 7) is 5.35. The van der Waals surface area contributed by atoms with E-state index in [1.807, 2.05) is 30.0 Å². The molecule has 1 N–H and O–H groups in total. The van der Waals surface area contributed by atoms with Crippen LogP contribution in [0.2, 0.25) is 5.02 Å². The van der Waals surface area contributed by atoms with Gasteiger partial charge in [0.1, 0.15) is 0 Å². The third-order valence-corrected chi connectivity index (χ3v) is 4.19. The molecular formula is C15H18ClN3O. The van der Waals surface area contributed by atoms with Gasteiger partial charge in [-0.1, -0.05) is 11.6 Å². The summed E-state index contributed by atoms with van der Waals surface area (Å²) in [7, 11) is 2.08. The van der Waals surface area contributed by atoms with Gasteiger partial charge in [-0.15, -0.1) is 0 Å². The number of benzene rings is 1. The van der Waals surface area contributed by atoms with E-state index in [2.05, 4.69) is 16.9 Å². The number of nitrogens with zero attached hydrogens (tertiary/aromatic N) is 2. The summed E-state index contributed by atoms with van der Waals surface area (Å²) in [6, 6.07) is 5.62. The first-order chi connectivity index (χ1) is 9.56. The van der Waals surface area contributed by atoms with Gasteiger partial charge in [-0.3, -0.25) is 4.79 Å². The third kappa shape index (κ3) is 2.30. The van der Waals surface area contributed by atoms with Crippen LogP contribution in [0.5, 0.6) is 0 Å². The third-order valence-electron chi connectivity index (χ3n) is 3.95. The molecule has 20 heavy (non-hydrogen) atoms. The van der Waals surface area contributed by atoms with Crippen LogP contribution in [0.4, 0.5) is 0 Å². The maximum Gasteiger partial charge on any atom is 0.256 e. The van der Waals surface area contributed by atoms with Gasteiger partial charge in [0.25, 0.3) is 5.91 Å². The molecule has 0 saturated carbocycles. The van der Waals surface area contributed by atoms with Gasteiger partial charge in [0.05, 0.1) is 5.56 Å². The van der Waals surface area contributed by atoms with Crippen LogP contribution < -0.4 is 0 Å². The van der Waals surface area contributed by atoms with Crippen molar-refractivity contribution in [2.24, 2.45) is 0 Å². The Kier molecular flexibility index (Phi) is 3.44. The molecule has 0 unspecified atom stereocenters. The zero-order chi connectivity index (χ0) is 14.3. The molecule has 2 aromatic rings. The van der Waals surface area contributed by atoms with Gasteiger partial charge in [0.2, 0.25) is 0 Å². The summed E-state index contributed by atoms with van der Waals surface area (Å²) < 4.78 is 0. The number of rotatable bonds is 1. The van der Waals surface area contributed by atoms with Gasteiger partial charge < -0.3 is 14.8 Å². The van der Waals surface area contributed by atoms with Crippen molar-refractivity contribution >= 4 is 28.4 Å². The Labute approximate surface area is 123 Å². The van der Waals surface area contributed by atoms with Crippen LogP contribution in [0.1, 0.15) is 16.1 Å². The van der Waals surface area contributed by atoms with E-state index in [0.29, 0.717) is 5.02 Å². The number of H-pyrrole nitrogens is 1. The van der Waals surface area contributed by atoms with Crippen LogP contribution in [0, 0.1) is 6.92 Å². The number of nitrogens with one attached hydrogen (secondary N) is 1. The van der Waals surface area contributed by atoms with E-state index in [0.717, 1.165) is 48.3 Å². The second-order valence-electron chi connectivity index (χ2n) is 5.41. The minimum atomic E-state index is 0.101. The molecule has 0 aliphatic carbocycles. The molecule has 3 rings (SSSR count). The van der Waals surface area contributed by atoms with E-state index in [1.165, 1.54) is 0 Å². The van der Waals surface area contributed by atoms with Gasteiger partial charge >= 0.3 is 0 Å². The van der Waals surface area contributed by atoms with Crippen molar-refractivity contribution in [1.82, 2.24) is 14.8 Å². The predicted octanol–water partition coefficient (Wildman–Crippen LogP) is 2.52. The number of amides is 1. The molecule has 1 aromatic carbocycles. The lowest BCUT2D eigenvalue weighted by Crippen LogP contribution is -2.47. The van der Waals surface area contributed by atoms with Crippen LogP contribution in [0.3, 0.4) is 0 Å². The monoisotopic (exact) mass is 291 g/mol. The number of fused-ring (bicyclic) bond motifs is 1. The number of aromatic nitrogens is 1. The SMILES string of the molecule is Cc1[nH]c2ccc(Cl)cc2c1C(=O)N1CCN(C)CC1. The van der Waals surface area contributed by atoms with Crippen LogP contribution in [-0.2, 0) is 0 Å². The van der Waals surface area contributed by atoms with E-state index in [1.54, 1.807) is 0 Å². The zero-order valence-electron chi connectivity index (χ0n) is 11.7. The molecule has 1 fully saturated rings. The van der Waals surface area contributed by atoms with E-state index in [4.69, 9.17) is 11.6 Å². The largest absolute Gasteiger partial charge is 0.358 e. The molecule has 1 aliphatic rings. The van der Waals surface area contributed by atoms with E-state index >= 15 is 0 Å².